The topological polar surface area (TPSA) is 47.7 Å². The van der Waals surface area contributed by atoms with Crippen LogP contribution in [-0.4, -0.2) is 26.3 Å². The van der Waals surface area contributed by atoms with Gasteiger partial charge in [0.2, 0.25) is 0 Å². The van der Waals surface area contributed by atoms with Crippen molar-refractivity contribution in [1.29, 1.82) is 0 Å². The molecular formula is C20H20N2O2. The van der Waals surface area contributed by atoms with Crippen LogP contribution < -0.4 is 20.1 Å². The highest BCUT2D eigenvalue weighted by atomic mass is 16.5. The number of hydrogen-bond acceptors (Lipinski definition) is 4. The maximum absolute atomic E-state index is 6.05. The average molecular weight is 320 g/mol. The lowest BCUT2D eigenvalue weighted by Crippen LogP contribution is -2.35. The molecule has 0 amide bonds. The smallest absolute Gasteiger partial charge is 0.142 e. The van der Waals surface area contributed by atoms with Crippen LogP contribution in [-0.2, 0) is 0 Å². The second kappa shape index (κ2) is 6.32. The van der Waals surface area contributed by atoms with E-state index in [1.54, 1.807) is 0 Å². The predicted molar refractivity (Wildman–Crippen MR) is 98.0 cm³/mol. The van der Waals surface area contributed by atoms with E-state index in [1.165, 1.54) is 5.39 Å². The van der Waals surface area contributed by atoms with Gasteiger partial charge in [-0.25, -0.2) is 0 Å². The highest BCUT2D eigenvalue weighted by Crippen LogP contribution is 2.33. The van der Waals surface area contributed by atoms with Crippen molar-refractivity contribution in [3.05, 3.63) is 60.7 Å². The number of benzene rings is 3. The second-order valence-electron chi connectivity index (χ2n) is 5.89. The molecule has 3 aromatic carbocycles. The van der Waals surface area contributed by atoms with E-state index in [0.717, 1.165) is 41.3 Å². The van der Waals surface area contributed by atoms with Gasteiger partial charge in [-0.3, -0.25) is 0 Å². The Morgan fingerprint density at radius 1 is 1.04 bits per heavy atom. The molecule has 4 heteroatoms. The molecule has 0 saturated heterocycles. The molecule has 4 nitrogen and oxygen atoms in total. The summed E-state index contributed by atoms with van der Waals surface area (Å²) >= 11 is 0. The molecule has 0 saturated carbocycles. The summed E-state index contributed by atoms with van der Waals surface area (Å²) in [5.41, 5.74) is 7.71. The summed E-state index contributed by atoms with van der Waals surface area (Å²) in [6.45, 7) is 2.94. The number of nitrogens with two attached hydrogens (primary N) is 1. The molecule has 4 rings (SSSR count). The molecule has 1 aliphatic rings. The molecule has 0 radical (unpaired) electrons. The number of hydrogen-bond donors (Lipinski definition) is 1. The molecule has 0 spiro atoms. The number of nitrogen functional groups attached to an aromatic ring is 1. The summed E-state index contributed by atoms with van der Waals surface area (Å²) in [5.74, 6) is 1.81. The third kappa shape index (κ3) is 2.83. The van der Waals surface area contributed by atoms with Gasteiger partial charge in [0.05, 0.1) is 18.8 Å². The van der Waals surface area contributed by atoms with Crippen LogP contribution in [0.15, 0.2) is 60.7 Å². The zero-order chi connectivity index (χ0) is 16.4. The Kier molecular flexibility index (Phi) is 3.87. The summed E-state index contributed by atoms with van der Waals surface area (Å²) in [5, 5.41) is 2.34. The van der Waals surface area contributed by atoms with Gasteiger partial charge in [-0.2, -0.15) is 0 Å². The van der Waals surface area contributed by atoms with Crippen molar-refractivity contribution >= 4 is 22.1 Å². The van der Waals surface area contributed by atoms with E-state index < -0.39 is 0 Å². The minimum absolute atomic E-state index is 0.613. The molecule has 0 unspecified atom stereocenters. The molecule has 1 aliphatic heterocycles. The molecule has 0 fully saturated rings. The largest absolute Gasteiger partial charge is 0.491 e. The Morgan fingerprint density at radius 3 is 2.88 bits per heavy atom. The Balaban J connectivity index is 1.48. The van der Waals surface area contributed by atoms with Crippen molar-refractivity contribution in [3.63, 3.8) is 0 Å². The molecule has 24 heavy (non-hydrogen) atoms. The van der Waals surface area contributed by atoms with E-state index in [2.05, 4.69) is 23.1 Å². The Bertz CT molecular complexity index is 858. The van der Waals surface area contributed by atoms with Gasteiger partial charge in [-0.15, -0.1) is 0 Å². The zero-order valence-electron chi connectivity index (χ0n) is 13.4. The molecule has 0 atom stereocenters. The highest BCUT2D eigenvalue weighted by Gasteiger charge is 2.18. The lowest BCUT2D eigenvalue weighted by atomic mass is 10.1. The van der Waals surface area contributed by atoms with Gasteiger partial charge in [0.25, 0.3) is 0 Å². The number of rotatable bonds is 4. The van der Waals surface area contributed by atoms with Crippen molar-refractivity contribution in [2.24, 2.45) is 0 Å². The van der Waals surface area contributed by atoms with Gasteiger partial charge in [0.15, 0.2) is 0 Å². The normalized spacial score (nSPS) is 13.4. The molecule has 0 bridgehead atoms. The quantitative estimate of drug-likeness (QED) is 0.745. The van der Waals surface area contributed by atoms with Crippen molar-refractivity contribution < 1.29 is 9.47 Å². The van der Waals surface area contributed by atoms with Crippen LogP contribution >= 0.6 is 0 Å². The van der Waals surface area contributed by atoms with Crippen molar-refractivity contribution in [2.45, 2.75) is 0 Å². The molecule has 122 valence electrons. The van der Waals surface area contributed by atoms with Crippen molar-refractivity contribution in [1.82, 2.24) is 0 Å². The van der Waals surface area contributed by atoms with Gasteiger partial charge in [-0.05, 0) is 29.7 Å². The Morgan fingerprint density at radius 2 is 1.92 bits per heavy atom. The standard InChI is InChI=1S/C20H20N2O2/c21-16-8-9-20-18(14-16)22(11-13-24-20)10-12-23-19-7-3-5-15-4-1-2-6-17(15)19/h1-9,14H,10-13,21H2. The monoisotopic (exact) mass is 320 g/mol. The van der Waals surface area contributed by atoms with Gasteiger partial charge >= 0.3 is 0 Å². The lowest BCUT2D eigenvalue weighted by molar-refractivity contribution is 0.290. The number of nitrogens with zero attached hydrogens (tertiary/aromatic N) is 1. The minimum Gasteiger partial charge on any atom is -0.491 e. The van der Waals surface area contributed by atoms with Gasteiger partial charge in [0, 0.05) is 11.1 Å². The van der Waals surface area contributed by atoms with Crippen LogP contribution in [0.4, 0.5) is 11.4 Å². The maximum Gasteiger partial charge on any atom is 0.142 e. The van der Waals surface area contributed by atoms with Gasteiger partial charge < -0.3 is 20.1 Å². The highest BCUT2D eigenvalue weighted by molar-refractivity contribution is 5.88. The summed E-state index contributed by atoms with van der Waals surface area (Å²) in [4.78, 5) is 2.26. The third-order valence-electron chi connectivity index (χ3n) is 4.31. The molecule has 3 aromatic rings. The van der Waals surface area contributed by atoms with Crippen LogP contribution in [0.25, 0.3) is 10.8 Å². The Labute approximate surface area is 141 Å². The molecule has 2 N–H and O–H groups in total. The second-order valence-corrected chi connectivity index (χ2v) is 5.89. The van der Waals surface area contributed by atoms with Crippen LogP contribution in [0.2, 0.25) is 0 Å². The number of ether oxygens (including phenoxy) is 2. The summed E-state index contributed by atoms with van der Waals surface area (Å²) < 4.78 is 11.7. The van der Waals surface area contributed by atoms with Crippen LogP contribution in [0.1, 0.15) is 0 Å². The maximum atomic E-state index is 6.05. The van der Waals surface area contributed by atoms with Crippen LogP contribution in [0, 0.1) is 0 Å². The van der Waals surface area contributed by atoms with E-state index in [1.807, 2.05) is 42.5 Å². The van der Waals surface area contributed by atoms with E-state index in [-0.39, 0.29) is 0 Å². The number of anilines is 2. The molecular weight excluding hydrogens is 300 g/mol. The van der Waals surface area contributed by atoms with Crippen molar-refractivity contribution in [3.8, 4) is 11.5 Å². The Hall–Kier alpha value is -2.88. The fraction of sp³-hybridized carbons (Fsp3) is 0.200. The fourth-order valence-electron chi connectivity index (χ4n) is 3.11. The summed E-state index contributed by atoms with van der Waals surface area (Å²) in [7, 11) is 0. The first-order valence-corrected chi connectivity index (χ1v) is 8.19. The van der Waals surface area contributed by atoms with Crippen LogP contribution in [0.5, 0.6) is 11.5 Å². The van der Waals surface area contributed by atoms with E-state index in [4.69, 9.17) is 15.2 Å². The van der Waals surface area contributed by atoms with Crippen LogP contribution in [0.3, 0.4) is 0 Å². The predicted octanol–water partition coefficient (Wildman–Crippen LogP) is 3.70. The summed E-state index contributed by atoms with van der Waals surface area (Å²) in [6.07, 6.45) is 0. The first kappa shape index (κ1) is 14.7. The third-order valence-corrected chi connectivity index (χ3v) is 4.31. The van der Waals surface area contributed by atoms with E-state index >= 15 is 0 Å². The molecule has 1 heterocycles. The van der Waals surface area contributed by atoms with Crippen molar-refractivity contribution in [2.75, 3.05) is 36.9 Å². The first-order chi connectivity index (χ1) is 11.8. The summed E-state index contributed by atoms with van der Waals surface area (Å²) in [6, 6.07) is 20.2. The average Bonchev–Trinajstić information content (AvgIpc) is 2.62. The molecule has 0 aliphatic carbocycles. The SMILES string of the molecule is Nc1ccc2c(c1)N(CCOc1cccc3ccccc13)CCO2. The zero-order valence-corrected chi connectivity index (χ0v) is 13.4. The van der Waals surface area contributed by atoms with E-state index in [9.17, 15) is 0 Å². The number of fused-ring (bicyclic) bond motifs is 2. The fourth-order valence-corrected chi connectivity index (χ4v) is 3.11. The minimum atomic E-state index is 0.613. The first-order valence-electron chi connectivity index (χ1n) is 8.19. The van der Waals surface area contributed by atoms with E-state index in [0.29, 0.717) is 13.2 Å². The molecule has 0 aromatic heterocycles. The van der Waals surface area contributed by atoms with Gasteiger partial charge in [-0.1, -0.05) is 36.4 Å². The lowest BCUT2D eigenvalue weighted by Gasteiger charge is -2.31. The van der Waals surface area contributed by atoms with Gasteiger partial charge in [0.1, 0.15) is 24.7 Å².